The predicted octanol–water partition coefficient (Wildman–Crippen LogP) is 3.86. The Morgan fingerprint density at radius 1 is 1.04 bits per heavy atom. The van der Waals surface area contributed by atoms with E-state index in [-0.39, 0.29) is 5.41 Å². The smallest absolute Gasteiger partial charge is 0.191 e. The Bertz CT molecular complexity index is 804. The normalized spacial score (nSPS) is 11.7. The number of rotatable bonds is 4. The third-order valence-corrected chi connectivity index (χ3v) is 4.91. The molecule has 0 fully saturated rings. The lowest BCUT2D eigenvalue weighted by molar-refractivity contribution is 0.590. The van der Waals surface area contributed by atoms with E-state index in [1.54, 1.807) is 30.4 Å². The first-order chi connectivity index (χ1) is 11.4. The molecular weight excluding hydrogens is 318 g/mol. The van der Waals surface area contributed by atoms with Gasteiger partial charge >= 0.3 is 0 Å². The van der Waals surface area contributed by atoms with Gasteiger partial charge in [0, 0.05) is 25.2 Å². The van der Waals surface area contributed by atoms with E-state index in [1.807, 2.05) is 11.6 Å². The van der Waals surface area contributed by atoms with Crippen LogP contribution < -0.4 is 0 Å². The van der Waals surface area contributed by atoms with E-state index in [0.717, 1.165) is 22.4 Å². The van der Waals surface area contributed by atoms with Crippen molar-refractivity contribution >= 4 is 11.8 Å². The van der Waals surface area contributed by atoms with Crippen LogP contribution in [0, 0.1) is 0 Å². The number of benzene rings is 1. The molecule has 0 bridgehead atoms. The Hall–Kier alpha value is -2.21. The van der Waals surface area contributed by atoms with Gasteiger partial charge in [0.1, 0.15) is 5.69 Å². The lowest BCUT2D eigenvalue weighted by atomic mass is 9.87. The van der Waals surface area contributed by atoms with Gasteiger partial charge in [-0.15, -0.1) is 10.2 Å². The zero-order valence-corrected chi connectivity index (χ0v) is 15.2. The molecule has 0 spiro atoms. The number of aromatic nitrogens is 5. The van der Waals surface area contributed by atoms with Gasteiger partial charge in [-0.25, -0.2) is 4.98 Å². The number of nitrogens with zero attached hydrogens (tertiary/aromatic N) is 5. The maximum Gasteiger partial charge on any atom is 0.191 e. The molecule has 0 N–H and O–H groups in total. The number of hydrogen-bond acceptors (Lipinski definition) is 5. The van der Waals surface area contributed by atoms with Crippen LogP contribution in [-0.4, -0.2) is 24.7 Å². The summed E-state index contributed by atoms with van der Waals surface area (Å²) >= 11 is 1.67. The van der Waals surface area contributed by atoms with Crippen LogP contribution in [0.5, 0.6) is 0 Å². The van der Waals surface area contributed by atoms with Crippen LogP contribution in [0.4, 0.5) is 0 Å². The molecule has 5 nitrogen and oxygen atoms in total. The second kappa shape index (κ2) is 6.73. The quantitative estimate of drug-likeness (QED) is 0.676. The highest BCUT2D eigenvalue weighted by molar-refractivity contribution is 7.98. The van der Waals surface area contributed by atoms with Gasteiger partial charge in [0.15, 0.2) is 11.0 Å². The van der Waals surface area contributed by atoms with Crippen molar-refractivity contribution < 1.29 is 0 Å². The summed E-state index contributed by atoms with van der Waals surface area (Å²) in [5.74, 6) is 1.59. The lowest BCUT2D eigenvalue weighted by Crippen LogP contribution is -2.10. The van der Waals surface area contributed by atoms with E-state index in [4.69, 9.17) is 0 Å². The summed E-state index contributed by atoms with van der Waals surface area (Å²) < 4.78 is 1.96. The summed E-state index contributed by atoms with van der Waals surface area (Å²) in [5.41, 5.74) is 3.53. The molecule has 24 heavy (non-hydrogen) atoms. The third-order valence-electron chi connectivity index (χ3n) is 3.82. The molecule has 1 aromatic carbocycles. The third kappa shape index (κ3) is 3.64. The molecule has 0 aliphatic carbocycles. The maximum absolute atomic E-state index is 4.28. The first-order valence-corrected chi connectivity index (χ1v) is 8.82. The molecule has 0 aliphatic rings. The fraction of sp³-hybridized carbons (Fsp3) is 0.333. The van der Waals surface area contributed by atoms with Crippen molar-refractivity contribution in [1.29, 1.82) is 0 Å². The Balaban J connectivity index is 1.71. The van der Waals surface area contributed by atoms with Crippen molar-refractivity contribution in [1.82, 2.24) is 24.7 Å². The fourth-order valence-corrected chi connectivity index (χ4v) is 3.19. The number of thioether (sulfide) groups is 1. The monoisotopic (exact) mass is 339 g/mol. The minimum atomic E-state index is 0.181. The Morgan fingerprint density at radius 3 is 2.42 bits per heavy atom. The van der Waals surface area contributed by atoms with Crippen molar-refractivity contribution in [3.8, 4) is 11.5 Å². The summed E-state index contributed by atoms with van der Waals surface area (Å²) in [4.78, 5) is 8.36. The number of hydrogen-bond donors (Lipinski definition) is 0. The Labute approximate surface area is 146 Å². The molecule has 0 atom stereocenters. The molecule has 0 saturated carbocycles. The van der Waals surface area contributed by atoms with Gasteiger partial charge in [0.2, 0.25) is 0 Å². The van der Waals surface area contributed by atoms with Crippen LogP contribution in [-0.2, 0) is 18.2 Å². The average Bonchev–Trinajstić information content (AvgIpc) is 2.94. The first-order valence-electron chi connectivity index (χ1n) is 7.83. The second-order valence-electron chi connectivity index (χ2n) is 6.69. The highest BCUT2D eigenvalue weighted by atomic mass is 32.2. The SMILES string of the molecule is Cn1c(SCc2ccc(C(C)(C)C)cc2)nnc1-c1cnccn1. The topological polar surface area (TPSA) is 56.5 Å². The Morgan fingerprint density at radius 2 is 1.79 bits per heavy atom. The largest absolute Gasteiger partial charge is 0.304 e. The van der Waals surface area contributed by atoms with E-state index < -0.39 is 0 Å². The van der Waals surface area contributed by atoms with Crippen molar-refractivity contribution in [3.05, 3.63) is 54.0 Å². The molecule has 0 unspecified atom stereocenters. The molecule has 6 heteroatoms. The van der Waals surface area contributed by atoms with Gasteiger partial charge in [-0.3, -0.25) is 4.98 Å². The summed E-state index contributed by atoms with van der Waals surface area (Å²) in [6.07, 6.45) is 5.01. The van der Waals surface area contributed by atoms with Gasteiger partial charge in [-0.05, 0) is 16.5 Å². The fourth-order valence-electron chi connectivity index (χ4n) is 2.33. The van der Waals surface area contributed by atoms with Crippen molar-refractivity contribution in [2.24, 2.45) is 7.05 Å². The average molecular weight is 339 g/mol. The van der Waals surface area contributed by atoms with Gasteiger partial charge in [0.05, 0.1) is 6.20 Å². The molecule has 0 amide bonds. The molecule has 0 aliphatic heterocycles. The Kier molecular flexibility index (Phi) is 4.66. The lowest BCUT2D eigenvalue weighted by Gasteiger charge is -2.19. The van der Waals surface area contributed by atoms with Gasteiger partial charge in [-0.2, -0.15) is 0 Å². The van der Waals surface area contributed by atoms with E-state index in [0.29, 0.717) is 0 Å². The van der Waals surface area contributed by atoms with E-state index in [9.17, 15) is 0 Å². The molecule has 2 aromatic heterocycles. The molecule has 3 rings (SSSR count). The van der Waals surface area contributed by atoms with E-state index >= 15 is 0 Å². The van der Waals surface area contributed by atoms with Crippen LogP contribution in [0.25, 0.3) is 11.5 Å². The zero-order chi connectivity index (χ0) is 17.2. The van der Waals surface area contributed by atoms with Crippen LogP contribution in [0.3, 0.4) is 0 Å². The van der Waals surface area contributed by atoms with Gasteiger partial charge in [0.25, 0.3) is 0 Å². The highest BCUT2D eigenvalue weighted by Gasteiger charge is 2.14. The van der Waals surface area contributed by atoms with Crippen molar-refractivity contribution in [3.63, 3.8) is 0 Å². The summed E-state index contributed by atoms with van der Waals surface area (Å²) in [6, 6.07) is 8.79. The second-order valence-corrected chi connectivity index (χ2v) is 7.63. The van der Waals surface area contributed by atoms with Crippen LogP contribution in [0.15, 0.2) is 48.0 Å². The summed E-state index contributed by atoms with van der Waals surface area (Å²) in [5, 5.41) is 9.38. The van der Waals surface area contributed by atoms with Crippen molar-refractivity contribution in [2.45, 2.75) is 37.1 Å². The van der Waals surface area contributed by atoms with Crippen LogP contribution in [0.1, 0.15) is 31.9 Å². The van der Waals surface area contributed by atoms with Crippen LogP contribution >= 0.6 is 11.8 Å². The van der Waals surface area contributed by atoms with Crippen molar-refractivity contribution in [2.75, 3.05) is 0 Å². The first kappa shape index (κ1) is 16.6. The van der Waals surface area contributed by atoms with E-state index in [1.165, 1.54) is 11.1 Å². The van der Waals surface area contributed by atoms with Crippen LogP contribution in [0.2, 0.25) is 0 Å². The highest BCUT2D eigenvalue weighted by Crippen LogP contribution is 2.26. The molecule has 0 saturated heterocycles. The molecule has 3 aromatic rings. The molecule has 124 valence electrons. The van der Waals surface area contributed by atoms with E-state index in [2.05, 4.69) is 65.2 Å². The maximum atomic E-state index is 4.28. The minimum Gasteiger partial charge on any atom is -0.304 e. The van der Waals surface area contributed by atoms with Gasteiger partial charge < -0.3 is 4.57 Å². The molecular formula is C18H21N5S. The minimum absolute atomic E-state index is 0.181. The predicted molar refractivity (Wildman–Crippen MR) is 96.7 cm³/mol. The molecule has 0 radical (unpaired) electrons. The standard InChI is InChI=1S/C18H21N5S/c1-18(2,3)14-7-5-13(6-8-14)12-24-17-22-21-16(23(17)4)15-11-19-9-10-20-15/h5-11H,12H2,1-4H3. The summed E-state index contributed by atoms with van der Waals surface area (Å²) in [6.45, 7) is 6.68. The molecule has 2 heterocycles. The summed E-state index contributed by atoms with van der Waals surface area (Å²) in [7, 11) is 1.95. The zero-order valence-electron chi connectivity index (χ0n) is 14.4. The van der Waals surface area contributed by atoms with Gasteiger partial charge in [-0.1, -0.05) is 56.8 Å².